The van der Waals surface area contributed by atoms with Crippen LogP contribution < -0.4 is 10.3 Å². The summed E-state index contributed by atoms with van der Waals surface area (Å²) in [5, 5.41) is 15.0. The summed E-state index contributed by atoms with van der Waals surface area (Å²) in [6.07, 6.45) is 1.64. The van der Waals surface area contributed by atoms with Crippen LogP contribution in [0.4, 0.5) is 0 Å². The zero-order chi connectivity index (χ0) is 22.4. The SMILES string of the molecule is COc1cccc(Cn2ncc3c4sc(C(=O)c5cccc(O)c5)nc4n(C)c3c2=O)c1. The van der Waals surface area contributed by atoms with Gasteiger partial charge >= 0.3 is 0 Å². The van der Waals surface area contributed by atoms with Crippen LogP contribution in [0.3, 0.4) is 0 Å². The van der Waals surface area contributed by atoms with Gasteiger partial charge in [0.05, 0.1) is 24.6 Å². The smallest absolute Gasteiger partial charge is 0.291 e. The quantitative estimate of drug-likeness (QED) is 0.416. The van der Waals surface area contributed by atoms with Crippen molar-refractivity contribution in [3.05, 3.63) is 81.2 Å². The third-order valence-electron chi connectivity index (χ3n) is 5.29. The van der Waals surface area contributed by atoms with Gasteiger partial charge in [0.15, 0.2) is 10.7 Å². The summed E-state index contributed by atoms with van der Waals surface area (Å²) in [7, 11) is 3.35. The predicted octanol–water partition coefficient (Wildman–Crippen LogP) is 3.34. The van der Waals surface area contributed by atoms with Crippen molar-refractivity contribution in [2.75, 3.05) is 7.11 Å². The van der Waals surface area contributed by atoms with Crippen LogP contribution in [0.25, 0.3) is 21.3 Å². The minimum atomic E-state index is -0.283. The first-order chi connectivity index (χ1) is 15.5. The highest BCUT2D eigenvalue weighted by molar-refractivity contribution is 7.21. The van der Waals surface area contributed by atoms with E-state index in [1.54, 1.807) is 37.1 Å². The number of fused-ring (bicyclic) bond motifs is 3. The predicted molar refractivity (Wildman–Crippen MR) is 122 cm³/mol. The Balaban J connectivity index is 1.57. The highest BCUT2D eigenvalue weighted by Crippen LogP contribution is 2.32. The third kappa shape index (κ3) is 3.23. The number of aromatic nitrogens is 4. The maximum Gasteiger partial charge on any atom is 0.291 e. The molecule has 0 amide bonds. The molecule has 0 saturated carbocycles. The first kappa shape index (κ1) is 20.0. The Morgan fingerprint density at radius 2 is 2.00 bits per heavy atom. The molecule has 0 aliphatic heterocycles. The first-order valence-corrected chi connectivity index (χ1v) is 10.6. The van der Waals surface area contributed by atoms with Crippen LogP contribution in [0.5, 0.6) is 11.5 Å². The lowest BCUT2D eigenvalue weighted by Crippen LogP contribution is -2.24. The second-order valence-corrected chi connectivity index (χ2v) is 8.33. The van der Waals surface area contributed by atoms with E-state index in [9.17, 15) is 14.7 Å². The van der Waals surface area contributed by atoms with Gasteiger partial charge in [-0.2, -0.15) is 5.10 Å². The summed E-state index contributed by atoms with van der Waals surface area (Å²) in [6.45, 7) is 0.305. The van der Waals surface area contributed by atoms with Crippen LogP contribution in [-0.2, 0) is 13.6 Å². The van der Waals surface area contributed by atoms with Crippen molar-refractivity contribution in [3.63, 3.8) is 0 Å². The molecule has 32 heavy (non-hydrogen) atoms. The number of nitrogens with zero attached hydrogens (tertiary/aromatic N) is 4. The Kier molecular flexibility index (Phi) is 4.75. The number of hydrogen-bond acceptors (Lipinski definition) is 7. The second kappa shape index (κ2) is 7.61. The van der Waals surface area contributed by atoms with E-state index >= 15 is 0 Å². The lowest BCUT2D eigenvalue weighted by Gasteiger charge is -2.07. The van der Waals surface area contributed by atoms with Gasteiger partial charge in [0.25, 0.3) is 5.56 Å². The number of aryl methyl sites for hydroxylation is 1. The number of rotatable bonds is 5. The number of aromatic hydroxyl groups is 1. The summed E-state index contributed by atoms with van der Waals surface area (Å²) in [4.78, 5) is 30.5. The molecular weight excluding hydrogens is 428 g/mol. The summed E-state index contributed by atoms with van der Waals surface area (Å²) in [5.41, 5.74) is 2.04. The van der Waals surface area contributed by atoms with Crippen LogP contribution in [0.1, 0.15) is 20.9 Å². The molecule has 2 aromatic carbocycles. The second-order valence-electron chi connectivity index (χ2n) is 7.33. The number of ether oxygens (including phenoxy) is 1. The molecule has 5 rings (SSSR count). The summed E-state index contributed by atoms with van der Waals surface area (Å²) in [6, 6.07) is 13.6. The van der Waals surface area contributed by atoms with Gasteiger partial charge in [-0.05, 0) is 29.8 Å². The van der Waals surface area contributed by atoms with Crippen molar-refractivity contribution in [2.45, 2.75) is 6.54 Å². The van der Waals surface area contributed by atoms with Gasteiger partial charge in [-0.15, -0.1) is 11.3 Å². The number of benzene rings is 2. The number of hydrogen-bond donors (Lipinski definition) is 1. The van der Waals surface area contributed by atoms with E-state index in [4.69, 9.17) is 4.74 Å². The van der Waals surface area contributed by atoms with Crippen LogP contribution in [0.15, 0.2) is 59.5 Å². The Morgan fingerprint density at radius 1 is 1.19 bits per heavy atom. The van der Waals surface area contributed by atoms with Crippen LogP contribution >= 0.6 is 11.3 Å². The molecule has 0 aliphatic carbocycles. The monoisotopic (exact) mass is 446 g/mol. The average molecular weight is 446 g/mol. The van der Waals surface area contributed by atoms with E-state index in [1.165, 1.54) is 28.2 Å². The third-order valence-corrected chi connectivity index (χ3v) is 6.37. The molecule has 0 atom stereocenters. The molecule has 0 bridgehead atoms. The first-order valence-electron chi connectivity index (χ1n) is 9.78. The number of phenols is 1. The number of carbonyl (C=O) groups excluding carboxylic acids is 1. The molecule has 1 N–H and O–H groups in total. The van der Waals surface area contributed by atoms with E-state index in [1.807, 2.05) is 24.3 Å². The average Bonchev–Trinajstić information content (AvgIpc) is 3.34. The topological polar surface area (TPSA) is 99.2 Å². The molecule has 3 aromatic heterocycles. The number of methoxy groups -OCH3 is 1. The standard InChI is InChI=1S/C23H18N4O4S/c1-26-18-17(11-24-27(23(18)30)12-13-5-3-8-16(9-13)31-2)20-21(26)25-22(32-20)19(29)14-6-4-7-15(28)10-14/h3-11,28H,12H2,1-2H3. The molecule has 160 valence electrons. The van der Waals surface area contributed by atoms with E-state index in [2.05, 4.69) is 10.1 Å². The number of carbonyl (C=O) groups is 1. The molecule has 0 unspecified atom stereocenters. The van der Waals surface area contributed by atoms with E-state index in [0.29, 0.717) is 39.4 Å². The van der Waals surface area contributed by atoms with Gasteiger partial charge in [0, 0.05) is 18.0 Å². The van der Waals surface area contributed by atoms with Crippen LogP contribution in [-0.4, -0.2) is 37.3 Å². The molecule has 0 fully saturated rings. The largest absolute Gasteiger partial charge is 0.508 e. The molecule has 5 aromatic rings. The number of thiazole rings is 1. The van der Waals surface area contributed by atoms with Gasteiger partial charge in [-0.25, -0.2) is 9.67 Å². The van der Waals surface area contributed by atoms with Gasteiger partial charge in [0.2, 0.25) is 5.78 Å². The molecule has 9 heteroatoms. The molecule has 8 nitrogen and oxygen atoms in total. The van der Waals surface area contributed by atoms with Crippen LogP contribution in [0.2, 0.25) is 0 Å². The zero-order valence-electron chi connectivity index (χ0n) is 17.3. The van der Waals surface area contributed by atoms with E-state index in [0.717, 1.165) is 10.3 Å². The number of phenolic OH excluding ortho intramolecular Hbond substituents is 1. The van der Waals surface area contributed by atoms with Crippen molar-refractivity contribution in [2.24, 2.45) is 7.05 Å². The zero-order valence-corrected chi connectivity index (χ0v) is 18.1. The highest BCUT2D eigenvalue weighted by Gasteiger charge is 2.22. The normalized spacial score (nSPS) is 11.3. The molecule has 0 aliphatic rings. The number of ketones is 1. The minimum absolute atomic E-state index is 0.0168. The Labute approximate surface area is 185 Å². The van der Waals surface area contributed by atoms with Gasteiger partial charge < -0.3 is 14.4 Å². The van der Waals surface area contributed by atoms with Crippen molar-refractivity contribution < 1.29 is 14.6 Å². The fourth-order valence-electron chi connectivity index (χ4n) is 3.71. The summed E-state index contributed by atoms with van der Waals surface area (Å²) < 4.78 is 9.08. The fraction of sp³-hybridized carbons (Fsp3) is 0.130. The lowest BCUT2D eigenvalue weighted by atomic mass is 10.1. The molecule has 0 spiro atoms. The van der Waals surface area contributed by atoms with Gasteiger partial charge in [-0.1, -0.05) is 24.3 Å². The molecule has 0 saturated heterocycles. The van der Waals surface area contributed by atoms with Crippen molar-refractivity contribution >= 4 is 38.4 Å². The summed E-state index contributed by atoms with van der Waals surface area (Å²) in [5.74, 6) is 0.446. The Bertz CT molecular complexity index is 1560. The molecular formula is C23H18N4O4S. The fourth-order valence-corrected chi connectivity index (χ4v) is 4.78. The molecule has 3 heterocycles. The lowest BCUT2D eigenvalue weighted by molar-refractivity contribution is 0.103. The maximum absolute atomic E-state index is 13.2. The minimum Gasteiger partial charge on any atom is -0.508 e. The Morgan fingerprint density at radius 3 is 2.78 bits per heavy atom. The van der Waals surface area contributed by atoms with Crippen molar-refractivity contribution in [1.29, 1.82) is 0 Å². The summed E-state index contributed by atoms with van der Waals surface area (Å²) >= 11 is 1.21. The van der Waals surface area contributed by atoms with E-state index in [-0.39, 0.29) is 17.1 Å². The van der Waals surface area contributed by atoms with Crippen molar-refractivity contribution in [3.8, 4) is 11.5 Å². The maximum atomic E-state index is 13.2. The van der Waals surface area contributed by atoms with Gasteiger partial charge in [-0.3, -0.25) is 9.59 Å². The highest BCUT2D eigenvalue weighted by atomic mass is 32.1. The van der Waals surface area contributed by atoms with Gasteiger partial charge in [0.1, 0.15) is 17.0 Å². The molecule has 0 radical (unpaired) electrons. The van der Waals surface area contributed by atoms with E-state index < -0.39 is 0 Å². The van der Waals surface area contributed by atoms with Crippen molar-refractivity contribution in [1.82, 2.24) is 19.3 Å². The Hall–Kier alpha value is -3.98. The van der Waals surface area contributed by atoms with Crippen LogP contribution in [0, 0.1) is 0 Å².